The summed E-state index contributed by atoms with van der Waals surface area (Å²) < 4.78 is 27.8. The predicted molar refractivity (Wildman–Crippen MR) is 91.4 cm³/mol. The molecule has 0 atom stereocenters. The van der Waals surface area contributed by atoms with Crippen LogP contribution in [0.1, 0.15) is 19.4 Å². The molecule has 0 aliphatic carbocycles. The first-order valence-electron chi connectivity index (χ1n) is 7.34. The van der Waals surface area contributed by atoms with Crippen LogP contribution in [0.4, 0.5) is 0 Å². The molecule has 1 aromatic carbocycles. The fraction of sp³-hybridized carbons (Fsp3) is 0.312. The molecule has 0 unspecified atom stereocenters. The Morgan fingerprint density at radius 1 is 1.09 bits per heavy atom. The molecule has 0 fully saturated rings. The van der Waals surface area contributed by atoms with Gasteiger partial charge in [-0.25, -0.2) is 8.42 Å². The van der Waals surface area contributed by atoms with Crippen molar-refractivity contribution in [3.8, 4) is 0 Å². The second-order valence-corrected chi connectivity index (χ2v) is 7.36. The van der Waals surface area contributed by atoms with Crippen molar-refractivity contribution in [1.82, 2.24) is 8.87 Å². The maximum Gasteiger partial charge on any atom is 0.250 e. The average molecular weight is 355 g/mol. The first kappa shape index (κ1) is 17.7. The van der Waals surface area contributed by atoms with Crippen LogP contribution in [-0.4, -0.2) is 30.4 Å². The van der Waals surface area contributed by atoms with Crippen molar-refractivity contribution in [1.29, 1.82) is 0 Å². The quantitative estimate of drug-likeness (QED) is 0.801. The van der Waals surface area contributed by atoms with Crippen molar-refractivity contribution in [3.63, 3.8) is 0 Å². The van der Waals surface area contributed by atoms with E-state index in [0.29, 0.717) is 18.1 Å². The fourth-order valence-corrected chi connectivity index (χ4v) is 3.98. The van der Waals surface area contributed by atoms with Crippen LogP contribution in [0.25, 0.3) is 0 Å². The van der Waals surface area contributed by atoms with Crippen molar-refractivity contribution in [2.75, 3.05) is 13.1 Å². The van der Waals surface area contributed by atoms with E-state index >= 15 is 0 Å². The second kappa shape index (κ2) is 7.29. The van der Waals surface area contributed by atoms with Gasteiger partial charge < -0.3 is 4.57 Å². The van der Waals surface area contributed by atoms with Crippen LogP contribution in [0.3, 0.4) is 0 Å². The monoisotopic (exact) mass is 354 g/mol. The molecule has 0 aliphatic rings. The molecule has 2 rings (SSSR count). The summed E-state index contributed by atoms with van der Waals surface area (Å²) in [5.74, 6) is 0. The van der Waals surface area contributed by atoms with Crippen LogP contribution in [0.15, 0.2) is 52.3 Å². The summed E-state index contributed by atoms with van der Waals surface area (Å²) in [5, 5.41) is 0.538. The Labute approximate surface area is 141 Å². The number of benzene rings is 1. The van der Waals surface area contributed by atoms with E-state index in [9.17, 15) is 13.2 Å². The Morgan fingerprint density at radius 2 is 1.74 bits per heavy atom. The van der Waals surface area contributed by atoms with Crippen molar-refractivity contribution < 1.29 is 8.42 Å². The highest BCUT2D eigenvalue weighted by Crippen LogP contribution is 2.17. The third-order valence-electron chi connectivity index (χ3n) is 3.60. The van der Waals surface area contributed by atoms with E-state index in [0.717, 1.165) is 5.56 Å². The van der Waals surface area contributed by atoms with Gasteiger partial charge in [0, 0.05) is 30.4 Å². The molecular weight excluding hydrogens is 336 g/mol. The summed E-state index contributed by atoms with van der Waals surface area (Å²) in [6.07, 6.45) is 1.37. The standard InChI is InChI=1S/C16H19ClN2O3S/c1-3-19(4-2)23(21,22)14-9-10-16(20)18(12-14)11-13-7-5-6-8-15(13)17/h5-10,12H,3-4,11H2,1-2H3. The topological polar surface area (TPSA) is 59.4 Å². The highest BCUT2D eigenvalue weighted by Gasteiger charge is 2.22. The molecule has 0 saturated carbocycles. The summed E-state index contributed by atoms with van der Waals surface area (Å²) in [7, 11) is -3.60. The molecule has 124 valence electrons. The summed E-state index contributed by atoms with van der Waals surface area (Å²) in [6, 6.07) is 9.78. The van der Waals surface area contributed by atoms with Gasteiger partial charge in [0.15, 0.2) is 0 Å². The largest absolute Gasteiger partial charge is 0.310 e. The molecule has 0 saturated heterocycles. The number of hydrogen-bond donors (Lipinski definition) is 0. The van der Waals surface area contributed by atoms with Gasteiger partial charge in [-0.05, 0) is 17.7 Å². The zero-order chi connectivity index (χ0) is 17.0. The van der Waals surface area contributed by atoms with Gasteiger partial charge in [0.05, 0.1) is 11.4 Å². The van der Waals surface area contributed by atoms with Gasteiger partial charge in [-0.3, -0.25) is 4.79 Å². The molecule has 0 radical (unpaired) electrons. The minimum atomic E-state index is -3.60. The van der Waals surface area contributed by atoms with E-state index in [1.54, 1.807) is 32.0 Å². The van der Waals surface area contributed by atoms with E-state index in [1.165, 1.54) is 27.2 Å². The smallest absolute Gasteiger partial charge is 0.250 e. The van der Waals surface area contributed by atoms with Gasteiger partial charge in [0.2, 0.25) is 10.0 Å². The number of pyridine rings is 1. The highest BCUT2D eigenvalue weighted by atomic mass is 35.5. The summed E-state index contributed by atoms with van der Waals surface area (Å²) in [4.78, 5) is 12.1. The molecule has 2 aromatic rings. The molecule has 0 aliphatic heterocycles. The Balaban J connectivity index is 2.44. The predicted octanol–water partition coefficient (Wildman–Crippen LogP) is 2.58. The second-order valence-electron chi connectivity index (χ2n) is 5.01. The van der Waals surface area contributed by atoms with Crippen molar-refractivity contribution >= 4 is 21.6 Å². The minimum Gasteiger partial charge on any atom is -0.310 e. The lowest BCUT2D eigenvalue weighted by Crippen LogP contribution is -2.32. The maximum absolute atomic E-state index is 12.6. The molecule has 1 aromatic heterocycles. The number of nitrogens with zero attached hydrogens (tertiary/aromatic N) is 2. The maximum atomic E-state index is 12.6. The van der Waals surface area contributed by atoms with Gasteiger partial charge >= 0.3 is 0 Å². The van der Waals surface area contributed by atoms with Crippen molar-refractivity contribution in [3.05, 3.63) is 63.5 Å². The number of rotatable bonds is 6. The first-order valence-corrected chi connectivity index (χ1v) is 9.16. The lowest BCUT2D eigenvalue weighted by molar-refractivity contribution is 0.444. The molecule has 23 heavy (non-hydrogen) atoms. The Morgan fingerprint density at radius 3 is 2.35 bits per heavy atom. The van der Waals surface area contributed by atoms with Crippen LogP contribution in [-0.2, 0) is 16.6 Å². The molecule has 5 nitrogen and oxygen atoms in total. The van der Waals surface area contributed by atoms with Crippen LogP contribution >= 0.6 is 11.6 Å². The lowest BCUT2D eigenvalue weighted by atomic mass is 10.2. The third-order valence-corrected chi connectivity index (χ3v) is 6.00. The Hall–Kier alpha value is -1.63. The number of aromatic nitrogens is 1. The molecule has 7 heteroatoms. The molecule has 0 spiro atoms. The molecule has 0 bridgehead atoms. The summed E-state index contributed by atoms with van der Waals surface area (Å²) in [6.45, 7) is 4.53. The van der Waals surface area contributed by atoms with Gasteiger partial charge in [-0.2, -0.15) is 4.31 Å². The molecular formula is C16H19ClN2O3S. The van der Waals surface area contributed by atoms with Gasteiger partial charge in [0.25, 0.3) is 5.56 Å². The minimum absolute atomic E-state index is 0.104. The van der Waals surface area contributed by atoms with E-state index in [4.69, 9.17) is 11.6 Å². The van der Waals surface area contributed by atoms with E-state index < -0.39 is 10.0 Å². The Bertz CT molecular complexity index is 842. The summed E-state index contributed by atoms with van der Waals surface area (Å²) >= 11 is 6.11. The number of hydrogen-bond acceptors (Lipinski definition) is 3. The lowest BCUT2D eigenvalue weighted by Gasteiger charge is -2.19. The van der Waals surface area contributed by atoms with Crippen LogP contribution in [0.5, 0.6) is 0 Å². The molecule has 0 N–H and O–H groups in total. The summed E-state index contributed by atoms with van der Waals surface area (Å²) in [5.41, 5.74) is 0.483. The normalized spacial score (nSPS) is 11.8. The third kappa shape index (κ3) is 3.83. The number of sulfonamides is 1. The zero-order valence-corrected chi connectivity index (χ0v) is 14.6. The number of halogens is 1. The highest BCUT2D eigenvalue weighted by molar-refractivity contribution is 7.89. The van der Waals surface area contributed by atoms with Crippen molar-refractivity contribution in [2.24, 2.45) is 0 Å². The van der Waals surface area contributed by atoms with E-state index in [1.807, 2.05) is 6.07 Å². The SMILES string of the molecule is CCN(CC)S(=O)(=O)c1ccc(=O)n(Cc2ccccc2Cl)c1. The van der Waals surface area contributed by atoms with Gasteiger partial charge in [-0.15, -0.1) is 0 Å². The van der Waals surface area contributed by atoms with Crippen molar-refractivity contribution in [2.45, 2.75) is 25.3 Å². The fourth-order valence-electron chi connectivity index (χ4n) is 2.31. The van der Waals surface area contributed by atoms with E-state index in [2.05, 4.69) is 0 Å². The zero-order valence-electron chi connectivity index (χ0n) is 13.1. The molecule has 1 heterocycles. The Kier molecular flexibility index (Phi) is 5.62. The van der Waals surface area contributed by atoms with Crippen LogP contribution in [0.2, 0.25) is 5.02 Å². The van der Waals surface area contributed by atoms with Gasteiger partial charge in [-0.1, -0.05) is 43.6 Å². The van der Waals surface area contributed by atoms with Crippen LogP contribution in [0, 0.1) is 0 Å². The molecule has 0 amide bonds. The van der Waals surface area contributed by atoms with E-state index in [-0.39, 0.29) is 17.0 Å². The average Bonchev–Trinajstić information content (AvgIpc) is 2.52. The van der Waals surface area contributed by atoms with Gasteiger partial charge in [0.1, 0.15) is 0 Å². The first-order chi connectivity index (χ1) is 10.9. The van der Waals surface area contributed by atoms with Crippen LogP contribution < -0.4 is 5.56 Å².